The SMILES string of the molecule is CCN(C(=O)Cc1ccsc1)C1CCC(N)CC1. The number of rotatable bonds is 4. The zero-order chi connectivity index (χ0) is 13.0. The number of hydrogen-bond acceptors (Lipinski definition) is 3. The molecule has 0 unspecified atom stereocenters. The minimum atomic E-state index is 0.261. The second kappa shape index (κ2) is 6.34. The van der Waals surface area contributed by atoms with Gasteiger partial charge in [0.15, 0.2) is 0 Å². The number of carbonyl (C=O) groups excluding carboxylic acids is 1. The number of likely N-dealkylation sites (N-methyl/N-ethyl adjacent to an activating group) is 1. The summed E-state index contributed by atoms with van der Waals surface area (Å²) in [7, 11) is 0. The molecule has 3 nitrogen and oxygen atoms in total. The third-order valence-electron chi connectivity index (χ3n) is 3.78. The van der Waals surface area contributed by atoms with E-state index in [0.29, 0.717) is 18.5 Å². The van der Waals surface area contributed by atoms with Gasteiger partial charge in [-0.15, -0.1) is 0 Å². The van der Waals surface area contributed by atoms with Crippen LogP contribution in [0.25, 0.3) is 0 Å². The van der Waals surface area contributed by atoms with E-state index in [0.717, 1.165) is 37.8 Å². The lowest BCUT2D eigenvalue weighted by atomic mass is 9.90. The maximum Gasteiger partial charge on any atom is 0.227 e. The molecule has 1 saturated carbocycles. The Morgan fingerprint density at radius 1 is 1.44 bits per heavy atom. The highest BCUT2D eigenvalue weighted by atomic mass is 32.1. The topological polar surface area (TPSA) is 46.3 Å². The number of amides is 1. The summed E-state index contributed by atoms with van der Waals surface area (Å²) in [6, 6.07) is 2.78. The van der Waals surface area contributed by atoms with Crippen LogP contribution in [0.5, 0.6) is 0 Å². The predicted molar refractivity (Wildman–Crippen MR) is 75.6 cm³/mol. The molecule has 1 amide bonds. The summed E-state index contributed by atoms with van der Waals surface area (Å²) in [5.41, 5.74) is 7.06. The average molecular weight is 266 g/mol. The van der Waals surface area contributed by atoms with Gasteiger partial charge in [0.1, 0.15) is 0 Å². The van der Waals surface area contributed by atoms with E-state index in [9.17, 15) is 4.79 Å². The van der Waals surface area contributed by atoms with Crippen molar-refractivity contribution in [1.29, 1.82) is 0 Å². The lowest BCUT2D eigenvalue weighted by molar-refractivity contribution is -0.133. The second-order valence-electron chi connectivity index (χ2n) is 5.06. The molecule has 1 heterocycles. The fourth-order valence-corrected chi connectivity index (χ4v) is 3.39. The Kier molecular flexibility index (Phi) is 4.78. The summed E-state index contributed by atoms with van der Waals surface area (Å²) < 4.78 is 0. The van der Waals surface area contributed by atoms with Crippen molar-refractivity contribution in [2.75, 3.05) is 6.54 Å². The van der Waals surface area contributed by atoms with Crippen LogP contribution >= 0.6 is 11.3 Å². The molecule has 0 aromatic carbocycles. The van der Waals surface area contributed by atoms with Crippen LogP contribution in [-0.2, 0) is 11.2 Å². The lowest BCUT2D eigenvalue weighted by Gasteiger charge is -2.35. The van der Waals surface area contributed by atoms with Gasteiger partial charge in [-0.05, 0) is 55.0 Å². The molecule has 2 rings (SSSR count). The van der Waals surface area contributed by atoms with Gasteiger partial charge in [0, 0.05) is 18.6 Å². The molecule has 1 aromatic rings. The van der Waals surface area contributed by atoms with Crippen molar-refractivity contribution >= 4 is 17.2 Å². The Morgan fingerprint density at radius 3 is 2.72 bits per heavy atom. The van der Waals surface area contributed by atoms with Crippen molar-refractivity contribution in [3.8, 4) is 0 Å². The predicted octanol–water partition coefficient (Wildman–Crippen LogP) is 2.41. The first-order chi connectivity index (χ1) is 8.70. The van der Waals surface area contributed by atoms with Gasteiger partial charge in [0.2, 0.25) is 5.91 Å². The molecule has 1 fully saturated rings. The number of nitrogens with two attached hydrogens (primary N) is 1. The molecule has 0 radical (unpaired) electrons. The van der Waals surface area contributed by atoms with E-state index in [-0.39, 0.29) is 5.91 Å². The fourth-order valence-electron chi connectivity index (χ4n) is 2.72. The molecule has 18 heavy (non-hydrogen) atoms. The third-order valence-corrected chi connectivity index (χ3v) is 4.51. The van der Waals surface area contributed by atoms with E-state index in [2.05, 4.69) is 12.3 Å². The Morgan fingerprint density at radius 2 is 2.17 bits per heavy atom. The van der Waals surface area contributed by atoms with Gasteiger partial charge in [0.05, 0.1) is 6.42 Å². The number of thiophene rings is 1. The van der Waals surface area contributed by atoms with Gasteiger partial charge in [-0.1, -0.05) is 0 Å². The molecule has 2 N–H and O–H groups in total. The Labute approximate surface area is 113 Å². The molecule has 0 aliphatic heterocycles. The van der Waals surface area contributed by atoms with Gasteiger partial charge < -0.3 is 10.6 Å². The number of hydrogen-bond donors (Lipinski definition) is 1. The molecule has 1 aliphatic carbocycles. The molecule has 0 bridgehead atoms. The van der Waals surface area contributed by atoms with E-state index >= 15 is 0 Å². The number of carbonyl (C=O) groups is 1. The first kappa shape index (κ1) is 13.6. The third kappa shape index (κ3) is 3.33. The monoisotopic (exact) mass is 266 g/mol. The maximum absolute atomic E-state index is 12.3. The molecule has 0 spiro atoms. The zero-order valence-electron chi connectivity index (χ0n) is 11.0. The van der Waals surface area contributed by atoms with Crippen molar-refractivity contribution in [3.05, 3.63) is 22.4 Å². The first-order valence-electron chi connectivity index (χ1n) is 6.76. The molecule has 1 aliphatic rings. The van der Waals surface area contributed by atoms with Crippen molar-refractivity contribution < 1.29 is 4.79 Å². The molecule has 100 valence electrons. The van der Waals surface area contributed by atoms with Crippen molar-refractivity contribution in [2.24, 2.45) is 5.73 Å². The van der Waals surface area contributed by atoms with Crippen LogP contribution in [0, 0.1) is 0 Å². The standard InChI is InChI=1S/C14H22N2OS/c1-2-16(13-5-3-12(15)4-6-13)14(17)9-11-7-8-18-10-11/h7-8,10,12-13H,2-6,9,15H2,1H3. The van der Waals surface area contributed by atoms with Crippen LogP contribution in [0.2, 0.25) is 0 Å². The molecular formula is C14H22N2OS. The molecule has 0 atom stereocenters. The number of nitrogens with zero attached hydrogens (tertiary/aromatic N) is 1. The van der Waals surface area contributed by atoms with Crippen molar-refractivity contribution in [3.63, 3.8) is 0 Å². The molecule has 1 aromatic heterocycles. The van der Waals surface area contributed by atoms with Crippen LogP contribution in [0.15, 0.2) is 16.8 Å². The minimum absolute atomic E-state index is 0.261. The zero-order valence-corrected chi connectivity index (χ0v) is 11.8. The first-order valence-corrected chi connectivity index (χ1v) is 7.71. The molecule has 4 heteroatoms. The largest absolute Gasteiger partial charge is 0.340 e. The highest BCUT2D eigenvalue weighted by Gasteiger charge is 2.26. The van der Waals surface area contributed by atoms with Crippen LogP contribution in [0.3, 0.4) is 0 Å². The van der Waals surface area contributed by atoms with Gasteiger partial charge >= 0.3 is 0 Å². The second-order valence-corrected chi connectivity index (χ2v) is 5.84. The maximum atomic E-state index is 12.3. The normalized spacial score (nSPS) is 23.9. The Balaban J connectivity index is 1.93. The highest BCUT2D eigenvalue weighted by Crippen LogP contribution is 2.23. The summed E-state index contributed by atoms with van der Waals surface area (Å²) in [5.74, 6) is 0.261. The summed E-state index contributed by atoms with van der Waals surface area (Å²) in [6.45, 7) is 2.88. The van der Waals surface area contributed by atoms with Crippen molar-refractivity contribution in [2.45, 2.75) is 51.1 Å². The quantitative estimate of drug-likeness (QED) is 0.909. The van der Waals surface area contributed by atoms with Crippen LogP contribution in [0.4, 0.5) is 0 Å². The van der Waals surface area contributed by atoms with Crippen molar-refractivity contribution in [1.82, 2.24) is 4.90 Å². The summed E-state index contributed by atoms with van der Waals surface area (Å²) in [4.78, 5) is 14.4. The molecular weight excluding hydrogens is 244 g/mol. The van der Waals surface area contributed by atoms with Gasteiger partial charge in [0.25, 0.3) is 0 Å². The van der Waals surface area contributed by atoms with Gasteiger partial charge in [-0.25, -0.2) is 0 Å². The van der Waals surface area contributed by atoms with E-state index in [1.54, 1.807) is 11.3 Å². The Bertz CT molecular complexity index is 369. The summed E-state index contributed by atoms with van der Waals surface area (Å²) in [5, 5.41) is 4.08. The summed E-state index contributed by atoms with van der Waals surface area (Å²) >= 11 is 1.65. The minimum Gasteiger partial charge on any atom is -0.340 e. The van der Waals surface area contributed by atoms with Gasteiger partial charge in [-0.3, -0.25) is 4.79 Å². The van der Waals surface area contributed by atoms with E-state index in [1.807, 2.05) is 16.3 Å². The smallest absolute Gasteiger partial charge is 0.227 e. The fraction of sp³-hybridized carbons (Fsp3) is 0.643. The van der Waals surface area contributed by atoms with E-state index in [4.69, 9.17) is 5.73 Å². The Hall–Kier alpha value is -0.870. The van der Waals surface area contributed by atoms with Crippen LogP contribution < -0.4 is 5.73 Å². The van der Waals surface area contributed by atoms with E-state index < -0.39 is 0 Å². The lowest BCUT2D eigenvalue weighted by Crippen LogP contribution is -2.44. The van der Waals surface area contributed by atoms with Gasteiger partial charge in [-0.2, -0.15) is 11.3 Å². The van der Waals surface area contributed by atoms with Crippen LogP contribution in [0.1, 0.15) is 38.2 Å². The summed E-state index contributed by atoms with van der Waals surface area (Å²) in [6.07, 6.45) is 4.76. The van der Waals surface area contributed by atoms with Crippen LogP contribution in [-0.4, -0.2) is 29.4 Å². The average Bonchev–Trinajstić information content (AvgIpc) is 2.85. The van der Waals surface area contributed by atoms with E-state index in [1.165, 1.54) is 0 Å². The molecule has 0 saturated heterocycles. The highest BCUT2D eigenvalue weighted by molar-refractivity contribution is 7.07.